The molecule has 0 bridgehead atoms. The lowest BCUT2D eigenvalue weighted by Crippen LogP contribution is -2.24. The predicted octanol–water partition coefficient (Wildman–Crippen LogP) is 0.537. The van der Waals surface area contributed by atoms with Gasteiger partial charge < -0.3 is 11.5 Å². The van der Waals surface area contributed by atoms with Gasteiger partial charge in [0.05, 0.1) is 4.90 Å². The number of hydrogen-bond donors (Lipinski definition) is 2. The van der Waals surface area contributed by atoms with Crippen LogP contribution in [0.25, 0.3) is 5.57 Å². The molecule has 102 valence electrons. The summed E-state index contributed by atoms with van der Waals surface area (Å²) < 4.78 is 23.4. The maximum absolute atomic E-state index is 11.7. The minimum absolute atomic E-state index is 0.0247. The quantitative estimate of drug-likeness (QED) is 0.619. The molecule has 0 atom stereocenters. The largest absolute Gasteiger partial charge is 0.370 e. The van der Waals surface area contributed by atoms with Crippen LogP contribution in [-0.4, -0.2) is 26.5 Å². The molecular weight excluding hydrogens is 266 g/mol. The molecule has 1 aromatic carbocycles. The molecule has 0 aromatic heterocycles. The molecule has 0 saturated carbocycles. The van der Waals surface area contributed by atoms with Crippen molar-refractivity contribution < 1.29 is 13.2 Å². The molecule has 0 spiro atoms. The topological polar surface area (TPSA) is 116 Å². The van der Waals surface area contributed by atoms with E-state index in [1.807, 2.05) is 0 Å². The number of nitrogens with two attached hydrogens (primary N) is 2. The number of nitrogens with zero attached hydrogens (tertiary/aromatic N) is 1. The number of benzene rings is 1. The van der Waals surface area contributed by atoms with Crippen molar-refractivity contribution >= 4 is 27.3 Å². The van der Waals surface area contributed by atoms with Crippen molar-refractivity contribution in [2.45, 2.75) is 11.8 Å². The average molecular weight is 281 g/mol. The van der Waals surface area contributed by atoms with Gasteiger partial charge in [-0.15, -0.1) is 0 Å². The SMILES string of the molecule is C=C(C)c1ccc(C(=O)N=C(N)N)cc1S(C)(=O)=O. The van der Waals surface area contributed by atoms with Crippen molar-refractivity contribution in [3.63, 3.8) is 0 Å². The second-order valence-electron chi connectivity index (χ2n) is 4.11. The first kappa shape index (κ1) is 14.9. The fourth-order valence-corrected chi connectivity index (χ4v) is 2.48. The second kappa shape index (κ2) is 5.23. The number of guanidine groups is 1. The molecule has 0 saturated heterocycles. The van der Waals surface area contributed by atoms with E-state index >= 15 is 0 Å². The fraction of sp³-hybridized carbons (Fsp3) is 0.167. The summed E-state index contributed by atoms with van der Waals surface area (Å²) in [4.78, 5) is 15.0. The first-order chi connectivity index (χ1) is 8.62. The Bertz CT molecular complexity index is 671. The summed E-state index contributed by atoms with van der Waals surface area (Å²) in [7, 11) is -3.49. The van der Waals surface area contributed by atoms with Gasteiger partial charge in [-0.1, -0.05) is 12.6 Å². The summed E-state index contributed by atoms with van der Waals surface area (Å²) in [5, 5.41) is 0. The van der Waals surface area contributed by atoms with E-state index in [0.29, 0.717) is 11.1 Å². The lowest BCUT2D eigenvalue weighted by molar-refractivity contribution is 0.100. The third-order valence-corrected chi connectivity index (χ3v) is 3.46. The minimum atomic E-state index is -3.49. The highest BCUT2D eigenvalue weighted by Gasteiger charge is 2.17. The number of sulfone groups is 1. The Kier molecular flexibility index (Phi) is 4.10. The molecule has 6 nitrogen and oxygen atoms in total. The lowest BCUT2D eigenvalue weighted by Gasteiger charge is -2.08. The Morgan fingerprint density at radius 2 is 1.89 bits per heavy atom. The summed E-state index contributed by atoms with van der Waals surface area (Å²) in [6.45, 7) is 5.39. The van der Waals surface area contributed by atoms with Crippen molar-refractivity contribution in [3.05, 3.63) is 35.9 Å². The second-order valence-corrected chi connectivity index (χ2v) is 6.09. The van der Waals surface area contributed by atoms with Crippen LogP contribution in [0.5, 0.6) is 0 Å². The molecule has 0 unspecified atom stereocenters. The monoisotopic (exact) mass is 281 g/mol. The third-order valence-electron chi connectivity index (χ3n) is 2.32. The first-order valence-corrected chi connectivity index (χ1v) is 7.16. The fourth-order valence-electron chi connectivity index (χ4n) is 1.50. The van der Waals surface area contributed by atoms with E-state index in [1.54, 1.807) is 6.92 Å². The van der Waals surface area contributed by atoms with Gasteiger partial charge in [-0.3, -0.25) is 4.79 Å². The van der Waals surface area contributed by atoms with E-state index in [4.69, 9.17) is 11.5 Å². The van der Waals surface area contributed by atoms with Gasteiger partial charge in [0, 0.05) is 11.8 Å². The summed E-state index contributed by atoms with van der Waals surface area (Å²) in [6.07, 6.45) is 1.06. The Balaban J connectivity index is 3.48. The molecule has 1 rings (SSSR count). The molecule has 1 aromatic rings. The number of carbonyl (C=O) groups excluding carboxylic acids is 1. The Labute approximate surface area is 111 Å². The van der Waals surface area contributed by atoms with Gasteiger partial charge in [0.2, 0.25) is 0 Å². The van der Waals surface area contributed by atoms with Crippen molar-refractivity contribution in [3.8, 4) is 0 Å². The van der Waals surface area contributed by atoms with Crippen LogP contribution in [0.1, 0.15) is 22.8 Å². The van der Waals surface area contributed by atoms with Gasteiger partial charge in [0.1, 0.15) is 0 Å². The highest BCUT2D eigenvalue weighted by Crippen LogP contribution is 2.23. The first-order valence-electron chi connectivity index (χ1n) is 5.27. The van der Waals surface area contributed by atoms with Gasteiger partial charge in [0.25, 0.3) is 5.91 Å². The van der Waals surface area contributed by atoms with Gasteiger partial charge in [-0.05, 0) is 30.2 Å². The average Bonchev–Trinajstić information content (AvgIpc) is 2.25. The van der Waals surface area contributed by atoms with Gasteiger partial charge >= 0.3 is 0 Å². The maximum Gasteiger partial charge on any atom is 0.280 e. The molecule has 0 aliphatic rings. The molecule has 7 heteroatoms. The summed E-state index contributed by atoms with van der Waals surface area (Å²) in [5.41, 5.74) is 11.4. The Morgan fingerprint density at radius 1 is 1.32 bits per heavy atom. The zero-order valence-electron chi connectivity index (χ0n) is 10.7. The summed E-state index contributed by atoms with van der Waals surface area (Å²) >= 11 is 0. The van der Waals surface area contributed by atoms with E-state index in [0.717, 1.165) is 6.26 Å². The molecule has 19 heavy (non-hydrogen) atoms. The minimum Gasteiger partial charge on any atom is -0.370 e. The number of carbonyl (C=O) groups is 1. The van der Waals surface area contributed by atoms with Crippen LogP contribution in [0.4, 0.5) is 0 Å². The zero-order chi connectivity index (χ0) is 14.8. The zero-order valence-corrected chi connectivity index (χ0v) is 11.5. The maximum atomic E-state index is 11.7. The van der Waals surface area contributed by atoms with E-state index in [2.05, 4.69) is 11.6 Å². The van der Waals surface area contributed by atoms with Gasteiger partial charge in [-0.25, -0.2) is 8.42 Å². The van der Waals surface area contributed by atoms with E-state index < -0.39 is 15.7 Å². The summed E-state index contributed by atoms with van der Waals surface area (Å²) in [6, 6.07) is 4.20. The van der Waals surface area contributed by atoms with Gasteiger partial charge in [-0.2, -0.15) is 4.99 Å². The number of aliphatic imine (C=N–C) groups is 1. The normalized spacial score (nSPS) is 10.8. The number of hydrogen-bond acceptors (Lipinski definition) is 3. The summed E-state index contributed by atoms with van der Waals surface area (Å²) in [5.74, 6) is -1.08. The standard InChI is InChI=1S/C12H15N3O3S/c1-7(2)9-5-4-8(11(16)15-12(13)14)6-10(9)19(3,17)18/h4-6H,1H2,2-3H3,(H4,13,14,15,16). The number of rotatable bonds is 3. The molecule has 0 aliphatic carbocycles. The van der Waals surface area contributed by atoms with Crippen LogP contribution in [0, 0.1) is 0 Å². The highest BCUT2D eigenvalue weighted by atomic mass is 32.2. The smallest absolute Gasteiger partial charge is 0.280 e. The molecular formula is C12H15N3O3S. The van der Waals surface area contributed by atoms with Crippen LogP contribution in [0.15, 0.2) is 34.7 Å². The van der Waals surface area contributed by atoms with E-state index in [-0.39, 0.29) is 16.4 Å². The van der Waals surface area contributed by atoms with Crippen LogP contribution >= 0.6 is 0 Å². The highest BCUT2D eigenvalue weighted by molar-refractivity contribution is 7.90. The van der Waals surface area contributed by atoms with E-state index in [1.165, 1.54) is 18.2 Å². The van der Waals surface area contributed by atoms with Crippen molar-refractivity contribution in [2.24, 2.45) is 16.5 Å². The predicted molar refractivity (Wildman–Crippen MR) is 74.4 cm³/mol. The van der Waals surface area contributed by atoms with Gasteiger partial charge in [0.15, 0.2) is 15.8 Å². The molecule has 1 amide bonds. The molecule has 4 N–H and O–H groups in total. The van der Waals surface area contributed by atoms with Crippen LogP contribution < -0.4 is 11.5 Å². The third kappa shape index (κ3) is 3.65. The lowest BCUT2D eigenvalue weighted by atomic mass is 10.1. The van der Waals surface area contributed by atoms with E-state index in [9.17, 15) is 13.2 Å². The van der Waals surface area contributed by atoms with Crippen molar-refractivity contribution in [2.75, 3.05) is 6.26 Å². The van der Waals surface area contributed by atoms with Crippen LogP contribution in [0.2, 0.25) is 0 Å². The molecule has 0 radical (unpaired) electrons. The molecule has 0 fully saturated rings. The van der Waals surface area contributed by atoms with Crippen LogP contribution in [0.3, 0.4) is 0 Å². The van der Waals surface area contributed by atoms with Crippen molar-refractivity contribution in [1.29, 1.82) is 0 Å². The number of amides is 1. The Hall–Kier alpha value is -2.15. The van der Waals surface area contributed by atoms with Crippen molar-refractivity contribution in [1.82, 2.24) is 0 Å². The Morgan fingerprint density at radius 3 is 2.32 bits per heavy atom. The molecule has 0 heterocycles. The number of allylic oxidation sites excluding steroid dienone is 1. The molecule has 0 aliphatic heterocycles. The van der Waals surface area contributed by atoms with Crippen LogP contribution in [-0.2, 0) is 9.84 Å².